The Morgan fingerprint density at radius 3 is 2.62 bits per heavy atom. The van der Waals surface area contributed by atoms with Crippen molar-refractivity contribution in [2.75, 3.05) is 13.6 Å². The summed E-state index contributed by atoms with van der Waals surface area (Å²) in [5.41, 5.74) is 17.7. The zero-order valence-electron chi connectivity index (χ0n) is 28.3. The third-order valence-corrected chi connectivity index (χ3v) is 9.74. The molecule has 5 rings (SSSR count). The van der Waals surface area contributed by atoms with Gasteiger partial charge in [0.25, 0.3) is 0 Å². The van der Waals surface area contributed by atoms with E-state index in [4.69, 9.17) is 16.5 Å². The maximum Gasteiger partial charge on any atom is 0.245 e. The van der Waals surface area contributed by atoms with Crippen LogP contribution in [0.1, 0.15) is 41.6 Å². The van der Waals surface area contributed by atoms with Crippen LogP contribution in [-0.4, -0.2) is 68.7 Å². The molecule has 7 N–H and O–H groups in total. The van der Waals surface area contributed by atoms with E-state index in [2.05, 4.69) is 25.6 Å². The highest BCUT2D eigenvalue weighted by Crippen LogP contribution is 2.33. The van der Waals surface area contributed by atoms with Crippen molar-refractivity contribution in [1.29, 1.82) is 0 Å². The van der Waals surface area contributed by atoms with Gasteiger partial charge in [-0.3, -0.25) is 24.4 Å². The minimum atomic E-state index is -0.882. The van der Waals surface area contributed by atoms with E-state index in [1.54, 1.807) is 25.6 Å². The summed E-state index contributed by atoms with van der Waals surface area (Å²) < 4.78 is 0. The number of nitrogens with one attached hydrogen (secondary N) is 3. The van der Waals surface area contributed by atoms with Crippen LogP contribution >= 0.6 is 11.8 Å². The molecule has 0 saturated carbocycles. The molecule has 0 radical (unpaired) electrons. The van der Waals surface area contributed by atoms with E-state index in [0.717, 1.165) is 54.5 Å². The zero-order chi connectivity index (χ0) is 35.5. The number of pyridine rings is 3. The second-order valence-electron chi connectivity index (χ2n) is 12.0. The average molecular weight is 694 g/mol. The van der Waals surface area contributed by atoms with E-state index in [-0.39, 0.29) is 24.8 Å². The fraction of sp³-hybridized carbons (Fsp3) is 0.297. The minimum absolute atomic E-state index is 0.157. The monoisotopic (exact) mass is 693 g/mol. The Kier molecular flexibility index (Phi) is 12.7. The average Bonchev–Trinajstić information content (AvgIpc) is 3.55. The number of rotatable bonds is 17. The number of fused-ring (bicyclic) bond motifs is 1. The van der Waals surface area contributed by atoms with E-state index in [1.807, 2.05) is 67.7 Å². The maximum atomic E-state index is 14.3. The quantitative estimate of drug-likeness (QED) is 0.0713. The molecule has 5 aromatic rings. The Bertz CT molecular complexity index is 1930. The number of para-hydroxylation sites is 1. The second kappa shape index (κ2) is 17.5. The smallest absolute Gasteiger partial charge is 0.245 e. The second-order valence-corrected chi connectivity index (χ2v) is 13.0. The highest BCUT2D eigenvalue weighted by atomic mass is 32.2. The van der Waals surface area contributed by atoms with Gasteiger partial charge in [-0.15, -0.1) is 0 Å². The molecular weight excluding hydrogens is 651 g/mol. The molecule has 3 amide bonds. The van der Waals surface area contributed by atoms with Gasteiger partial charge in [0.1, 0.15) is 17.1 Å². The number of H-pyrrole nitrogens is 1. The molecule has 2 atom stereocenters. The van der Waals surface area contributed by atoms with Gasteiger partial charge in [-0.2, -0.15) is 0 Å². The Balaban J connectivity index is 1.46. The number of likely N-dealkylation sites (N-methyl/N-ethyl adjacent to an activating group) is 1. The number of aromatic nitrogens is 4. The van der Waals surface area contributed by atoms with Crippen LogP contribution in [0.4, 0.5) is 0 Å². The predicted molar refractivity (Wildman–Crippen MR) is 195 cm³/mol. The van der Waals surface area contributed by atoms with Gasteiger partial charge in [0.2, 0.25) is 18.2 Å². The van der Waals surface area contributed by atoms with Gasteiger partial charge in [-0.25, -0.2) is 4.98 Å². The number of nitrogens with zero attached hydrogens (tertiary/aromatic N) is 4. The van der Waals surface area contributed by atoms with Gasteiger partial charge < -0.3 is 32.0 Å². The van der Waals surface area contributed by atoms with Crippen LogP contribution in [-0.2, 0) is 33.9 Å². The molecule has 0 aliphatic heterocycles. The van der Waals surface area contributed by atoms with Gasteiger partial charge in [0.05, 0.1) is 5.69 Å². The summed E-state index contributed by atoms with van der Waals surface area (Å²) in [6.45, 7) is 2.88. The maximum absolute atomic E-state index is 14.3. The van der Waals surface area contributed by atoms with Crippen molar-refractivity contribution in [2.24, 2.45) is 11.5 Å². The number of amides is 3. The van der Waals surface area contributed by atoms with Crippen LogP contribution in [0.5, 0.6) is 0 Å². The molecule has 0 spiro atoms. The van der Waals surface area contributed by atoms with Crippen LogP contribution in [0.3, 0.4) is 0 Å². The van der Waals surface area contributed by atoms with Crippen LogP contribution in [0, 0.1) is 6.92 Å². The number of hydrogen-bond acceptors (Lipinski definition) is 9. The number of unbranched alkanes of at least 4 members (excludes halogenated alkanes) is 1. The lowest BCUT2D eigenvalue weighted by Crippen LogP contribution is -2.54. The first-order chi connectivity index (χ1) is 24.3. The van der Waals surface area contributed by atoms with E-state index < -0.39 is 12.1 Å². The molecule has 0 bridgehead atoms. The minimum Gasteiger partial charge on any atom is -0.361 e. The molecule has 4 aromatic heterocycles. The van der Waals surface area contributed by atoms with Gasteiger partial charge in [-0.1, -0.05) is 36.0 Å². The number of aromatic amines is 1. The van der Waals surface area contributed by atoms with Crippen LogP contribution < -0.4 is 22.1 Å². The Hall–Kier alpha value is -5.11. The van der Waals surface area contributed by atoms with Crippen molar-refractivity contribution in [2.45, 2.75) is 67.7 Å². The zero-order valence-corrected chi connectivity index (χ0v) is 29.1. The normalized spacial score (nSPS) is 12.3. The van der Waals surface area contributed by atoms with Crippen molar-refractivity contribution in [1.82, 2.24) is 35.5 Å². The molecular formula is C37H43N9O3S. The van der Waals surface area contributed by atoms with E-state index in [0.29, 0.717) is 38.8 Å². The number of aryl methyl sites for hydroxylation is 1. The molecule has 0 unspecified atom stereocenters. The lowest BCUT2D eigenvalue weighted by molar-refractivity contribution is -0.141. The fourth-order valence-electron chi connectivity index (χ4n) is 5.82. The van der Waals surface area contributed by atoms with Crippen LogP contribution in [0.15, 0.2) is 89.3 Å². The topological polar surface area (TPSA) is 185 Å². The van der Waals surface area contributed by atoms with E-state index in [9.17, 15) is 14.4 Å². The SMILES string of the molecule is Cc1cc(-c2cc(CNC(=O)[C@H](Cc3c[nH]c4ccccc34)N(C)C(=O)[C@H](CCCCN)NC=O)c(Sc3ncccc3CN)cn2)ccn1. The van der Waals surface area contributed by atoms with Crippen molar-refractivity contribution >= 4 is 40.9 Å². The summed E-state index contributed by atoms with van der Waals surface area (Å²) in [5, 5.41) is 7.48. The molecule has 12 nitrogen and oxygen atoms in total. The largest absolute Gasteiger partial charge is 0.361 e. The van der Waals surface area contributed by atoms with Crippen molar-refractivity contribution in [3.8, 4) is 11.3 Å². The number of nitrogens with two attached hydrogens (primary N) is 2. The first-order valence-electron chi connectivity index (χ1n) is 16.6. The summed E-state index contributed by atoms with van der Waals surface area (Å²) in [4.78, 5) is 58.7. The molecule has 0 fully saturated rings. The third kappa shape index (κ3) is 8.91. The Morgan fingerprint density at radius 1 is 1.00 bits per heavy atom. The molecule has 1 aromatic carbocycles. The standard InChI is InChI=1S/C37H43N9O3S/c1-24-16-25(12-15-40-24)32-17-28(34(22-43-32)50-36-26(19-39)8-7-14-41-36)21-44-35(48)33(18-27-20-42-30-10-4-3-9-29(27)30)46(2)37(49)31(45-23-47)11-5-6-13-38/h3-4,7-10,12,14-17,20,22-23,31,33,42H,5-6,11,13,18-19,21,38-39H2,1-2H3,(H,44,48)(H,45,47)/t31-,33-/m0/s1. The van der Waals surface area contributed by atoms with Crippen molar-refractivity contribution in [3.63, 3.8) is 0 Å². The highest BCUT2D eigenvalue weighted by molar-refractivity contribution is 7.99. The Labute approximate surface area is 295 Å². The lowest BCUT2D eigenvalue weighted by Gasteiger charge is -2.30. The van der Waals surface area contributed by atoms with Crippen LogP contribution in [0.25, 0.3) is 22.2 Å². The number of carbonyl (C=O) groups excluding carboxylic acids is 3. The molecule has 0 aliphatic carbocycles. The predicted octanol–water partition coefficient (Wildman–Crippen LogP) is 3.87. The first-order valence-corrected chi connectivity index (χ1v) is 17.4. The molecule has 0 aliphatic rings. The first kappa shape index (κ1) is 36.2. The Morgan fingerprint density at radius 2 is 1.84 bits per heavy atom. The van der Waals surface area contributed by atoms with Gasteiger partial charge in [-0.05, 0) is 79.8 Å². The fourth-order valence-corrected chi connectivity index (χ4v) is 6.79. The number of benzene rings is 1. The summed E-state index contributed by atoms with van der Waals surface area (Å²) >= 11 is 1.43. The van der Waals surface area contributed by atoms with E-state index >= 15 is 0 Å². The molecule has 0 saturated heterocycles. The molecule has 260 valence electrons. The molecule has 4 heterocycles. The number of hydrogen-bond donors (Lipinski definition) is 5. The van der Waals surface area contributed by atoms with Crippen molar-refractivity contribution < 1.29 is 14.4 Å². The number of carbonyl (C=O) groups is 3. The summed E-state index contributed by atoms with van der Waals surface area (Å²) in [6.07, 6.45) is 9.66. The molecule has 50 heavy (non-hydrogen) atoms. The van der Waals surface area contributed by atoms with Gasteiger partial charge in [0.15, 0.2) is 0 Å². The summed E-state index contributed by atoms with van der Waals surface area (Å²) in [7, 11) is 1.61. The van der Waals surface area contributed by atoms with Gasteiger partial charge >= 0.3 is 0 Å². The lowest BCUT2D eigenvalue weighted by atomic mass is 10.0. The molecule has 13 heteroatoms. The summed E-state index contributed by atoms with van der Waals surface area (Å²) in [6, 6.07) is 15.7. The van der Waals surface area contributed by atoms with E-state index in [1.165, 1.54) is 16.7 Å². The third-order valence-electron chi connectivity index (χ3n) is 8.59. The highest BCUT2D eigenvalue weighted by Gasteiger charge is 2.32. The van der Waals surface area contributed by atoms with Gasteiger partial charge in [0, 0.05) is 78.4 Å². The van der Waals surface area contributed by atoms with Crippen LogP contribution in [0.2, 0.25) is 0 Å². The van der Waals surface area contributed by atoms with Crippen molar-refractivity contribution in [3.05, 3.63) is 102 Å². The summed E-state index contributed by atoms with van der Waals surface area (Å²) in [5.74, 6) is -0.693.